The fourth-order valence-electron chi connectivity index (χ4n) is 2.88. The number of ether oxygens (including phenoxy) is 2. The SMILES string of the molecule is CCOc1cc([C@H](Cc2cccc(Br)c2N)CS(C)(=O)=O)ccc1OC. The first-order valence-electron chi connectivity index (χ1n) is 8.26. The summed E-state index contributed by atoms with van der Waals surface area (Å²) < 4.78 is 35.7. The molecular formula is C19H24BrNO4S. The molecule has 2 aromatic carbocycles. The van der Waals surface area contributed by atoms with E-state index in [0.717, 1.165) is 15.6 Å². The molecular weight excluding hydrogens is 418 g/mol. The Hall–Kier alpha value is -1.73. The average Bonchev–Trinajstić information content (AvgIpc) is 2.57. The lowest BCUT2D eigenvalue weighted by Gasteiger charge is -2.20. The molecule has 0 heterocycles. The molecule has 0 spiro atoms. The van der Waals surface area contributed by atoms with Gasteiger partial charge in [0.2, 0.25) is 0 Å². The van der Waals surface area contributed by atoms with E-state index in [0.29, 0.717) is 30.2 Å². The molecule has 0 aliphatic carbocycles. The quantitative estimate of drug-likeness (QED) is 0.629. The lowest BCUT2D eigenvalue weighted by atomic mass is 9.92. The van der Waals surface area contributed by atoms with Gasteiger partial charge in [-0.1, -0.05) is 18.2 Å². The standard InChI is InChI=1S/C19H24BrNO4S/c1-4-25-18-11-13(8-9-17(18)24-2)15(12-26(3,22)23)10-14-6-5-7-16(20)19(14)21/h5-9,11,15H,4,10,12,21H2,1-3H3/t15-/m1/s1. The maximum Gasteiger partial charge on any atom is 0.161 e. The van der Waals surface area contributed by atoms with Gasteiger partial charge in [0.1, 0.15) is 9.84 Å². The molecule has 0 aromatic heterocycles. The highest BCUT2D eigenvalue weighted by molar-refractivity contribution is 9.10. The van der Waals surface area contributed by atoms with Crippen LogP contribution in [0.15, 0.2) is 40.9 Å². The summed E-state index contributed by atoms with van der Waals surface area (Å²) in [6, 6.07) is 11.2. The van der Waals surface area contributed by atoms with Gasteiger partial charge in [0, 0.05) is 22.3 Å². The van der Waals surface area contributed by atoms with Crippen LogP contribution in [0.1, 0.15) is 24.0 Å². The second-order valence-electron chi connectivity index (χ2n) is 6.15. The number of hydrogen-bond donors (Lipinski definition) is 1. The number of para-hydroxylation sites is 1. The first kappa shape index (κ1) is 20.6. The van der Waals surface area contributed by atoms with Crippen molar-refractivity contribution in [3.8, 4) is 11.5 Å². The fraction of sp³-hybridized carbons (Fsp3) is 0.368. The Balaban J connectivity index is 2.44. The Bertz CT molecular complexity index is 868. The third kappa shape index (κ3) is 5.38. The Labute approximate surface area is 163 Å². The predicted octanol–water partition coefficient (Wildman–Crippen LogP) is 3.81. The molecule has 0 fully saturated rings. The van der Waals surface area contributed by atoms with Crippen molar-refractivity contribution in [3.63, 3.8) is 0 Å². The molecule has 26 heavy (non-hydrogen) atoms. The van der Waals surface area contributed by atoms with Gasteiger partial charge in [-0.3, -0.25) is 0 Å². The Morgan fingerprint density at radius 2 is 1.92 bits per heavy atom. The van der Waals surface area contributed by atoms with Crippen LogP contribution in [-0.4, -0.2) is 34.1 Å². The van der Waals surface area contributed by atoms with E-state index in [1.165, 1.54) is 6.26 Å². The second-order valence-corrected chi connectivity index (χ2v) is 9.19. The first-order valence-corrected chi connectivity index (χ1v) is 11.1. The summed E-state index contributed by atoms with van der Waals surface area (Å²) in [6.45, 7) is 2.39. The maximum atomic E-state index is 12.0. The van der Waals surface area contributed by atoms with Crippen molar-refractivity contribution >= 4 is 31.5 Å². The van der Waals surface area contributed by atoms with E-state index < -0.39 is 9.84 Å². The molecule has 2 aromatic rings. The summed E-state index contributed by atoms with van der Waals surface area (Å²) in [5.74, 6) is 1.01. The van der Waals surface area contributed by atoms with Crippen LogP contribution < -0.4 is 15.2 Å². The van der Waals surface area contributed by atoms with E-state index in [1.807, 2.05) is 37.3 Å². The van der Waals surface area contributed by atoms with E-state index >= 15 is 0 Å². The first-order chi connectivity index (χ1) is 12.2. The van der Waals surface area contributed by atoms with E-state index in [1.54, 1.807) is 13.2 Å². The second kappa shape index (κ2) is 8.77. The smallest absolute Gasteiger partial charge is 0.161 e. The van der Waals surface area contributed by atoms with Crippen LogP contribution in [0.3, 0.4) is 0 Å². The molecule has 0 aliphatic rings. The topological polar surface area (TPSA) is 78.6 Å². The van der Waals surface area contributed by atoms with Crippen molar-refractivity contribution in [2.75, 3.05) is 31.5 Å². The summed E-state index contributed by atoms with van der Waals surface area (Å²) in [5.41, 5.74) is 8.56. The van der Waals surface area contributed by atoms with Crippen LogP contribution in [0.25, 0.3) is 0 Å². The van der Waals surface area contributed by atoms with E-state index in [2.05, 4.69) is 15.9 Å². The van der Waals surface area contributed by atoms with E-state index in [-0.39, 0.29) is 11.7 Å². The van der Waals surface area contributed by atoms with Gasteiger partial charge in [0.25, 0.3) is 0 Å². The van der Waals surface area contributed by atoms with Gasteiger partial charge in [-0.25, -0.2) is 8.42 Å². The number of halogens is 1. The molecule has 1 atom stereocenters. The van der Waals surface area contributed by atoms with Gasteiger partial charge >= 0.3 is 0 Å². The van der Waals surface area contributed by atoms with E-state index in [9.17, 15) is 8.42 Å². The van der Waals surface area contributed by atoms with Gasteiger partial charge in [-0.05, 0) is 58.6 Å². The van der Waals surface area contributed by atoms with Crippen LogP contribution in [0.4, 0.5) is 5.69 Å². The van der Waals surface area contributed by atoms with Crippen molar-refractivity contribution in [1.82, 2.24) is 0 Å². The Morgan fingerprint density at radius 1 is 1.19 bits per heavy atom. The molecule has 0 bridgehead atoms. The van der Waals surface area contributed by atoms with Crippen molar-refractivity contribution in [2.24, 2.45) is 0 Å². The number of nitrogen functional groups attached to an aromatic ring is 1. The Morgan fingerprint density at radius 3 is 2.54 bits per heavy atom. The summed E-state index contributed by atoms with van der Waals surface area (Å²) in [5, 5.41) is 0. The number of rotatable bonds is 8. The lowest BCUT2D eigenvalue weighted by Crippen LogP contribution is -2.16. The molecule has 5 nitrogen and oxygen atoms in total. The highest BCUT2D eigenvalue weighted by Gasteiger charge is 2.21. The maximum absolute atomic E-state index is 12.0. The zero-order chi connectivity index (χ0) is 19.3. The van der Waals surface area contributed by atoms with Gasteiger partial charge in [0.15, 0.2) is 11.5 Å². The lowest BCUT2D eigenvalue weighted by molar-refractivity contribution is 0.310. The number of benzene rings is 2. The molecule has 0 saturated carbocycles. The van der Waals surface area contributed by atoms with Crippen LogP contribution in [0.2, 0.25) is 0 Å². The third-order valence-electron chi connectivity index (χ3n) is 4.07. The minimum Gasteiger partial charge on any atom is -0.493 e. The summed E-state index contributed by atoms with van der Waals surface area (Å²) in [7, 11) is -1.60. The molecule has 0 radical (unpaired) electrons. The molecule has 2 N–H and O–H groups in total. The van der Waals surface area contributed by atoms with Crippen LogP contribution in [0, 0.1) is 0 Å². The molecule has 0 amide bonds. The molecule has 0 unspecified atom stereocenters. The normalized spacial score (nSPS) is 12.6. The number of hydrogen-bond acceptors (Lipinski definition) is 5. The number of methoxy groups -OCH3 is 1. The van der Waals surface area contributed by atoms with Crippen molar-refractivity contribution in [2.45, 2.75) is 19.3 Å². The average molecular weight is 442 g/mol. The molecule has 0 saturated heterocycles. The van der Waals surface area contributed by atoms with Gasteiger partial charge in [0.05, 0.1) is 19.5 Å². The Kier molecular flexibility index (Phi) is 6.94. The number of sulfone groups is 1. The van der Waals surface area contributed by atoms with Gasteiger partial charge < -0.3 is 15.2 Å². The fourth-order valence-corrected chi connectivity index (χ4v) is 4.33. The van der Waals surface area contributed by atoms with Crippen molar-refractivity contribution < 1.29 is 17.9 Å². The van der Waals surface area contributed by atoms with Crippen molar-refractivity contribution in [3.05, 3.63) is 52.0 Å². The number of nitrogens with two attached hydrogens (primary N) is 1. The molecule has 0 aliphatic heterocycles. The summed E-state index contributed by atoms with van der Waals surface area (Å²) in [4.78, 5) is 0. The zero-order valence-electron chi connectivity index (χ0n) is 15.2. The highest BCUT2D eigenvalue weighted by atomic mass is 79.9. The highest BCUT2D eigenvalue weighted by Crippen LogP contribution is 2.34. The molecule has 7 heteroatoms. The van der Waals surface area contributed by atoms with Crippen LogP contribution >= 0.6 is 15.9 Å². The van der Waals surface area contributed by atoms with Gasteiger partial charge in [-0.2, -0.15) is 0 Å². The summed E-state index contributed by atoms with van der Waals surface area (Å²) in [6.07, 6.45) is 1.76. The van der Waals surface area contributed by atoms with Crippen LogP contribution in [0.5, 0.6) is 11.5 Å². The monoisotopic (exact) mass is 441 g/mol. The zero-order valence-corrected chi connectivity index (χ0v) is 17.6. The largest absolute Gasteiger partial charge is 0.493 e. The van der Waals surface area contributed by atoms with Gasteiger partial charge in [-0.15, -0.1) is 0 Å². The molecule has 2 rings (SSSR count). The minimum atomic E-state index is -3.18. The van der Waals surface area contributed by atoms with Crippen molar-refractivity contribution in [1.29, 1.82) is 0 Å². The predicted molar refractivity (Wildman–Crippen MR) is 109 cm³/mol. The summed E-state index contributed by atoms with van der Waals surface area (Å²) >= 11 is 3.42. The number of anilines is 1. The molecule has 142 valence electrons. The third-order valence-corrected chi connectivity index (χ3v) is 5.77. The van der Waals surface area contributed by atoms with Crippen LogP contribution in [-0.2, 0) is 16.3 Å². The van der Waals surface area contributed by atoms with E-state index in [4.69, 9.17) is 15.2 Å². The minimum absolute atomic E-state index is 0.0246.